The van der Waals surface area contributed by atoms with Crippen molar-refractivity contribution in [3.63, 3.8) is 0 Å². The summed E-state index contributed by atoms with van der Waals surface area (Å²) in [4.78, 5) is 18.4. The number of aryl methyl sites for hydroxylation is 2. The summed E-state index contributed by atoms with van der Waals surface area (Å²) in [6, 6.07) is 14.8. The van der Waals surface area contributed by atoms with Gasteiger partial charge >= 0.3 is 0 Å². The van der Waals surface area contributed by atoms with Gasteiger partial charge < -0.3 is 5.32 Å². The highest BCUT2D eigenvalue weighted by atomic mass is 35.5. The van der Waals surface area contributed by atoms with E-state index in [1.807, 2.05) is 68.9 Å². The molecule has 0 aliphatic carbocycles. The van der Waals surface area contributed by atoms with Gasteiger partial charge in [0.15, 0.2) is 0 Å². The molecule has 0 aliphatic rings. The van der Waals surface area contributed by atoms with Crippen molar-refractivity contribution in [3.8, 4) is 11.3 Å². The number of carbonyl (C=O) groups excluding carboxylic acids is 1. The SMILES string of the molecule is Cc1nn(Cc2ccc(Cl)cc2Cl)c(C)c1NC(=O)c1cc(-c2cnn(C)c2C)nc2ccccc12. The molecule has 1 amide bonds. The van der Waals surface area contributed by atoms with Crippen LogP contribution < -0.4 is 5.32 Å². The zero-order valence-corrected chi connectivity index (χ0v) is 21.8. The van der Waals surface area contributed by atoms with Crippen LogP contribution in [0, 0.1) is 20.8 Å². The predicted octanol–water partition coefficient (Wildman–Crippen LogP) is 6.36. The molecule has 0 fully saturated rings. The van der Waals surface area contributed by atoms with Crippen LogP contribution in [0.3, 0.4) is 0 Å². The molecule has 182 valence electrons. The minimum atomic E-state index is -0.230. The number of aromatic nitrogens is 5. The first-order valence-corrected chi connectivity index (χ1v) is 12.2. The maximum Gasteiger partial charge on any atom is 0.256 e. The fourth-order valence-electron chi connectivity index (χ4n) is 4.28. The number of hydrogen-bond acceptors (Lipinski definition) is 4. The number of anilines is 1. The molecule has 0 spiro atoms. The zero-order valence-electron chi connectivity index (χ0n) is 20.3. The van der Waals surface area contributed by atoms with Crippen LogP contribution in [0.1, 0.15) is 33.0 Å². The van der Waals surface area contributed by atoms with Crippen LogP contribution in [0.4, 0.5) is 5.69 Å². The summed E-state index contributed by atoms with van der Waals surface area (Å²) < 4.78 is 3.62. The maximum absolute atomic E-state index is 13.6. The van der Waals surface area contributed by atoms with E-state index in [9.17, 15) is 4.79 Å². The quantitative estimate of drug-likeness (QED) is 0.293. The number of halogens is 2. The van der Waals surface area contributed by atoms with Gasteiger partial charge in [-0.15, -0.1) is 0 Å². The lowest BCUT2D eigenvalue weighted by Gasteiger charge is -2.11. The minimum absolute atomic E-state index is 0.230. The van der Waals surface area contributed by atoms with Crippen molar-refractivity contribution >= 4 is 45.7 Å². The number of amides is 1. The summed E-state index contributed by atoms with van der Waals surface area (Å²) >= 11 is 12.4. The molecule has 5 rings (SSSR count). The molecule has 2 aromatic carbocycles. The Morgan fingerprint density at radius 2 is 1.81 bits per heavy atom. The lowest BCUT2D eigenvalue weighted by Crippen LogP contribution is -2.14. The van der Waals surface area contributed by atoms with Gasteiger partial charge in [0.05, 0.1) is 46.6 Å². The number of nitrogens with zero attached hydrogens (tertiary/aromatic N) is 5. The number of rotatable bonds is 5. The normalized spacial score (nSPS) is 11.3. The van der Waals surface area contributed by atoms with E-state index < -0.39 is 0 Å². The van der Waals surface area contributed by atoms with Crippen molar-refractivity contribution < 1.29 is 4.79 Å². The van der Waals surface area contributed by atoms with Crippen LogP contribution in [0.15, 0.2) is 54.7 Å². The van der Waals surface area contributed by atoms with Crippen LogP contribution >= 0.6 is 23.2 Å². The van der Waals surface area contributed by atoms with E-state index in [4.69, 9.17) is 28.2 Å². The molecular weight excluding hydrogens is 495 g/mol. The Balaban J connectivity index is 1.51. The first-order valence-electron chi connectivity index (χ1n) is 11.4. The highest BCUT2D eigenvalue weighted by Gasteiger charge is 2.20. The van der Waals surface area contributed by atoms with E-state index in [1.165, 1.54) is 0 Å². The average Bonchev–Trinajstić information content (AvgIpc) is 3.32. The van der Waals surface area contributed by atoms with Crippen LogP contribution in [0.25, 0.3) is 22.2 Å². The van der Waals surface area contributed by atoms with Crippen LogP contribution in [-0.4, -0.2) is 30.5 Å². The summed E-state index contributed by atoms with van der Waals surface area (Å²) in [6.07, 6.45) is 1.77. The van der Waals surface area contributed by atoms with Crippen molar-refractivity contribution in [2.75, 3.05) is 5.32 Å². The van der Waals surface area contributed by atoms with Gasteiger partial charge in [0.1, 0.15) is 0 Å². The van der Waals surface area contributed by atoms with Gasteiger partial charge in [0.2, 0.25) is 0 Å². The average molecular weight is 519 g/mol. The van der Waals surface area contributed by atoms with Crippen molar-refractivity contribution in [3.05, 3.63) is 93.0 Å². The Bertz CT molecular complexity index is 1640. The number of pyridine rings is 1. The smallest absolute Gasteiger partial charge is 0.256 e. The summed E-state index contributed by atoms with van der Waals surface area (Å²) in [5, 5.41) is 14.0. The van der Waals surface area contributed by atoms with Gasteiger partial charge in [-0.1, -0.05) is 47.5 Å². The standard InChI is InChI=1S/C27H24Cl2N6O/c1-15-26(17(3)35(33-15)14-18-9-10-19(28)11-23(18)29)32-27(36)21-12-25(22-13-30-34(4)16(22)2)31-24-8-6-5-7-20(21)24/h5-13H,14H2,1-4H3,(H,32,36). The molecular formula is C27H24Cl2N6O. The molecule has 0 saturated heterocycles. The molecule has 0 aliphatic heterocycles. The Labute approximate surface area is 218 Å². The summed E-state index contributed by atoms with van der Waals surface area (Å²) in [5.74, 6) is -0.230. The Morgan fingerprint density at radius 1 is 1.03 bits per heavy atom. The number of carbonyl (C=O) groups is 1. The number of nitrogens with one attached hydrogen (secondary N) is 1. The second-order valence-corrected chi connectivity index (χ2v) is 9.58. The summed E-state index contributed by atoms with van der Waals surface area (Å²) in [5.41, 5.74) is 6.93. The van der Waals surface area contributed by atoms with Gasteiger partial charge in [0.25, 0.3) is 5.91 Å². The van der Waals surface area contributed by atoms with Crippen LogP contribution in [0.2, 0.25) is 10.0 Å². The van der Waals surface area contributed by atoms with Gasteiger partial charge in [-0.3, -0.25) is 14.2 Å². The molecule has 1 N–H and O–H groups in total. The highest BCUT2D eigenvalue weighted by Crippen LogP contribution is 2.29. The van der Waals surface area contributed by atoms with Crippen molar-refractivity contribution in [1.82, 2.24) is 24.5 Å². The number of fused-ring (bicyclic) bond motifs is 1. The third-order valence-corrected chi connectivity index (χ3v) is 7.01. The third kappa shape index (κ3) is 4.36. The Kier molecular flexibility index (Phi) is 6.28. The molecule has 3 heterocycles. The van der Waals surface area contributed by atoms with Gasteiger partial charge in [-0.2, -0.15) is 10.2 Å². The van der Waals surface area contributed by atoms with Gasteiger partial charge in [-0.05, 0) is 50.6 Å². The first-order chi connectivity index (χ1) is 17.2. The number of para-hydroxylation sites is 1. The second kappa shape index (κ2) is 9.41. The van der Waals surface area contributed by atoms with Crippen LogP contribution in [-0.2, 0) is 13.6 Å². The Hall–Kier alpha value is -3.68. The molecule has 3 aromatic heterocycles. The molecule has 0 radical (unpaired) electrons. The monoisotopic (exact) mass is 518 g/mol. The lowest BCUT2D eigenvalue weighted by molar-refractivity contribution is 0.102. The van der Waals surface area contributed by atoms with E-state index >= 15 is 0 Å². The van der Waals surface area contributed by atoms with E-state index in [0.29, 0.717) is 39.2 Å². The molecule has 36 heavy (non-hydrogen) atoms. The summed E-state index contributed by atoms with van der Waals surface area (Å²) in [7, 11) is 1.88. The number of benzene rings is 2. The third-order valence-electron chi connectivity index (χ3n) is 6.43. The fraction of sp³-hybridized carbons (Fsp3) is 0.185. The zero-order chi connectivity index (χ0) is 25.6. The first kappa shape index (κ1) is 24.0. The molecule has 0 bridgehead atoms. The maximum atomic E-state index is 13.6. The van der Waals surface area contributed by atoms with Crippen molar-refractivity contribution in [2.24, 2.45) is 7.05 Å². The minimum Gasteiger partial charge on any atom is -0.319 e. The molecule has 0 saturated carbocycles. The van der Waals surface area contributed by atoms with Gasteiger partial charge in [0, 0.05) is 33.7 Å². The number of hydrogen-bond donors (Lipinski definition) is 1. The highest BCUT2D eigenvalue weighted by molar-refractivity contribution is 6.35. The van der Waals surface area contributed by atoms with E-state index in [1.54, 1.807) is 23.0 Å². The molecule has 7 nitrogen and oxygen atoms in total. The summed E-state index contributed by atoms with van der Waals surface area (Å²) in [6.45, 7) is 6.24. The molecule has 0 atom stereocenters. The fourth-order valence-corrected chi connectivity index (χ4v) is 4.74. The lowest BCUT2D eigenvalue weighted by atomic mass is 10.0. The van der Waals surface area contributed by atoms with E-state index in [2.05, 4.69) is 15.5 Å². The van der Waals surface area contributed by atoms with Crippen molar-refractivity contribution in [2.45, 2.75) is 27.3 Å². The topological polar surface area (TPSA) is 77.6 Å². The van der Waals surface area contributed by atoms with E-state index in [-0.39, 0.29) is 5.91 Å². The van der Waals surface area contributed by atoms with Crippen molar-refractivity contribution in [1.29, 1.82) is 0 Å². The molecule has 5 aromatic rings. The van der Waals surface area contributed by atoms with Crippen LogP contribution in [0.5, 0.6) is 0 Å². The van der Waals surface area contributed by atoms with Gasteiger partial charge in [-0.25, -0.2) is 4.98 Å². The molecule has 9 heteroatoms. The Morgan fingerprint density at radius 3 is 2.53 bits per heavy atom. The molecule has 0 unspecified atom stereocenters. The van der Waals surface area contributed by atoms with E-state index in [0.717, 1.165) is 33.4 Å². The predicted molar refractivity (Wildman–Crippen MR) is 144 cm³/mol. The second-order valence-electron chi connectivity index (χ2n) is 8.73. The largest absolute Gasteiger partial charge is 0.319 e.